The Morgan fingerprint density at radius 2 is 2.12 bits per heavy atom. The first-order valence-electron chi connectivity index (χ1n) is 5.72. The molecule has 0 aliphatic carbocycles. The first-order valence-corrected chi connectivity index (χ1v) is 6.10. The minimum absolute atomic E-state index is 0.192. The molecule has 17 heavy (non-hydrogen) atoms. The zero-order valence-corrected chi connectivity index (χ0v) is 10.4. The van der Waals surface area contributed by atoms with Crippen LogP contribution in [0.5, 0.6) is 0 Å². The van der Waals surface area contributed by atoms with Crippen LogP contribution in [0.2, 0.25) is 5.02 Å². The molecule has 0 bridgehead atoms. The van der Waals surface area contributed by atoms with Crippen LogP contribution >= 0.6 is 11.6 Å². The first-order chi connectivity index (χ1) is 8.22. The van der Waals surface area contributed by atoms with E-state index in [4.69, 9.17) is 22.1 Å². The van der Waals surface area contributed by atoms with E-state index >= 15 is 0 Å². The monoisotopic (exact) mass is 256 g/mol. The van der Waals surface area contributed by atoms with Gasteiger partial charge in [0.15, 0.2) is 0 Å². The van der Waals surface area contributed by atoms with E-state index in [1.807, 2.05) is 12.1 Å². The Bertz CT molecular complexity index is 381. The summed E-state index contributed by atoms with van der Waals surface area (Å²) in [6.45, 7) is 3.26. The molecule has 1 atom stereocenters. The Labute approximate surface area is 106 Å². The molecule has 2 rings (SSSR count). The van der Waals surface area contributed by atoms with Gasteiger partial charge < -0.3 is 20.5 Å². The average molecular weight is 257 g/mol. The number of hydrogen-bond acceptors (Lipinski definition) is 4. The number of aliphatic hydroxyl groups is 1. The third kappa shape index (κ3) is 2.90. The van der Waals surface area contributed by atoms with Gasteiger partial charge in [0.2, 0.25) is 0 Å². The van der Waals surface area contributed by atoms with Gasteiger partial charge in [0.25, 0.3) is 0 Å². The maximum atomic E-state index is 9.92. The fourth-order valence-electron chi connectivity index (χ4n) is 2.01. The number of aliphatic hydroxyl groups excluding tert-OH is 1. The van der Waals surface area contributed by atoms with Gasteiger partial charge in [0, 0.05) is 35.9 Å². The molecule has 1 saturated heterocycles. The maximum Gasteiger partial charge on any atom is 0.0932 e. The minimum atomic E-state index is -0.674. The normalized spacial score (nSPS) is 18.2. The highest BCUT2D eigenvalue weighted by Crippen LogP contribution is 2.29. The fraction of sp³-hybridized carbons (Fsp3) is 0.500. The molecule has 0 spiro atoms. The second-order valence-corrected chi connectivity index (χ2v) is 4.49. The van der Waals surface area contributed by atoms with Crippen LogP contribution in [0.3, 0.4) is 0 Å². The van der Waals surface area contributed by atoms with Crippen molar-refractivity contribution in [2.24, 2.45) is 5.73 Å². The lowest BCUT2D eigenvalue weighted by Crippen LogP contribution is -2.37. The lowest BCUT2D eigenvalue weighted by molar-refractivity contribution is 0.122. The molecular weight excluding hydrogens is 240 g/mol. The molecule has 1 unspecified atom stereocenters. The molecule has 1 heterocycles. The van der Waals surface area contributed by atoms with Gasteiger partial charge in [-0.05, 0) is 18.2 Å². The van der Waals surface area contributed by atoms with Crippen molar-refractivity contribution in [2.75, 3.05) is 37.7 Å². The van der Waals surface area contributed by atoms with Crippen LogP contribution in [0.1, 0.15) is 11.7 Å². The molecule has 1 aromatic rings. The van der Waals surface area contributed by atoms with Crippen molar-refractivity contribution in [3.8, 4) is 0 Å². The smallest absolute Gasteiger partial charge is 0.0932 e. The van der Waals surface area contributed by atoms with E-state index in [9.17, 15) is 5.11 Å². The van der Waals surface area contributed by atoms with E-state index < -0.39 is 6.10 Å². The van der Waals surface area contributed by atoms with Crippen molar-refractivity contribution in [2.45, 2.75) is 6.10 Å². The van der Waals surface area contributed by atoms with Crippen LogP contribution in [0, 0.1) is 0 Å². The van der Waals surface area contributed by atoms with E-state index in [1.165, 1.54) is 0 Å². The predicted octanol–water partition coefficient (Wildman–Crippen LogP) is 1.17. The van der Waals surface area contributed by atoms with Gasteiger partial charge in [-0.3, -0.25) is 0 Å². The third-order valence-electron chi connectivity index (χ3n) is 2.92. The van der Waals surface area contributed by atoms with Crippen molar-refractivity contribution in [3.05, 3.63) is 28.8 Å². The molecular formula is C12H17ClN2O2. The highest BCUT2D eigenvalue weighted by molar-refractivity contribution is 6.30. The second-order valence-electron chi connectivity index (χ2n) is 4.05. The number of halogens is 1. The number of ether oxygens (including phenoxy) is 1. The van der Waals surface area contributed by atoms with E-state index in [1.54, 1.807) is 6.07 Å². The van der Waals surface area contributed by atoms with Crippen LogP contribution in [0.4, 0.5) is 5.69 Å². The van der Waals surface area contributed by atoms with E-state index in [0.29, 0.717) is 18.2 Å². The zero-order chi connectivity index (χ0) is 12.3. The summed E-state index contributed by atoms with van der Waals surface area (Å²) in [6, 6.07) is 5.55. The van der Waals surface area contributed by atoms with Crippen molar-refractivity contribution < 1.29 is 9.84 Å². The summed E-state index contributed by atoms with van der Waals surface area (Å²) in [7, 11) is 0. The standard InChI is InChI=1S/C12H17ClN2O2/c13-9-1-2-11(10(7-9)12(16)8-14)15-3-5-17-6-4-15/h1-2,7,12,16H,3-6,8,14H2. The van der Waals surface area contributed by atoms with Crippen LogP contribution in [0.25, 0.3) is 0 Å². The number of morpholine rings is 1. The van der Waals surface area contributed by atoms with Crippen LogP contribution < -0.4 is 10.6 Å². The van der Waals surface area contributed by atoms with E-state index in [-0.39, 0.29) is 6.54 Å². The van der Waals surface area contributed by atoms with Crippen molar-refractivity contribution in [1.29, 1.82) is 0 Å². The summed E-state index contributed by atoms with van der Waals surface area (Å²) in [5.41, 5.74) is 7.31. The number of nitrogens with two attached hydrogens (primary N) is 1. The Morgan fingerprint density at radius 3 is 2.76 bits per heavy atom. The van der Waals surface area contributed by atoms with Gasteiger partial charge >= 0.3 is 0 Å². The van der Waals surface area contributed by atoms with Gasteiger partial charge in [-0.15, -0.1) is 0 Å². The van der Waals surface area contributed by atoms with Gasteiger partial charge in [-0.25, -0.2) is 0 Å². The Morgan fingerprint density at radius 1 is 1.41 bits per heavy atom. The molecule has 5 heteroatoms. The molecule has 94 valence electrons. The summed E-state index contributed by atoms with van der Waals surface area (Å²) in [4.78, 5) is 2.19. The highest BCUT2D eigenvalue weighted by atomic mass is 35.5. The maximum absolute atomic E-state index is 9.92. The largest absolute Gasteiger partial charge is 0.387 e. The van der Waals surface area contributed by atoms with E-state index in [2.05, 4.69) is 4.90 Å². The quantitative estimate of drug-likeness (QED) is 0.852. The number of hydrogen-bond donors (Lipinski definition) is 2. The molecule has 3 N–H and O–H groups in total. The van der Waals surface area contributed by atoms with Crippen LogP contribution in [0.15, 0.2) is 18.2 Å². The number of benzene rings is 1. The average Bonchev–Trinajstić information content (AvgIpc) is 2.38. The molecule has 1 aliphatic rings. The molecule has 4 nitrogen and oxygen atoms in total. The molecule has 1 aliphatic heterocycles. The van der Waals surface area contributed by atoms with Gasteiger partial charge in [-0.1, -0.05) is 11.6 Å². The highest BCUT2D eigenvalue weighted by Gasteiger charge is 2.18. The summed E-state index contributed by atoms with van der Waals surface area (Å²) in [5.74, 6) is 0. The van der Waals surface area contributed by atoms with Gasteiger partial charge in [-0.2, -0.15) is 0 Å². The van der Waals surface area contributed by atoms with Crippen molar-refractivity contribution in [1.82, 2.24) is 0 Å². The summed E-state index contributed by atoms with van der Waals surface area (Å²) in [6.07, 6.45) is -0.674. The molecule has 0 aromatic heterocycles. The number of anilines is 1. The van der Waals surface area contributed by atoms with Crippen LogP contribution in [-0.2, 0) is 4.74 Å². The molecule has 0 amide bonds. The summed E-state index contributed by atoms with van der Waals surface area (Å²) >= 11 is 5.96. The molecule has 1 fully saturated rings. The molecule has 0 saturated carbocycles. The lowest BCUT2D eigenvalue weighted by atomic mass is 10.1. The Hall–Kier alpha value is -0.810. The lowest BCUT2D eigenvalue weighted by Gasteiger charge is -2.31. The van der Waals surface area contributed by atoms with Gasteiger partial charge in [0.05, 0.1) is 19.3 Å². The van der Waals surface area contributed by atoms with Crippen LogP contribution in [-0.4, -0.2) is 38.0 Å². The topological polar surface area (TPSA) is 58.7 Å². The second kappa shape index (κ2) is 5.69. The first kappa shape index (κ1) is 12.6. The third-order valence-corrected chi connectivity index (χ3v) is 3.16. The van der Waals surface area contributed by atoms with Crippen molar-refractivity contribution >= 4 is 17.3 Å². The zero-order valence-electron chi connectivity index (χ0n) is 9.60. The van der Waals surface area contributed by atoms with Gasteiger partial charge in [0.1, 0.15) is 0 Å². The van der Waals surface area contributed by atoms with Crippen molar-refractivity contribution in [3.63, 3.8) is 0 Å². The summed E-state index contributed by atoms with van der Waals surface area (Å²) < 4.78 is 5.32. The molecule has 0 radical (unpaired) electrons. The van der Waals surface area contributed by atoms with E-state index in [0.717, 1.165) is 24.3 Å². The number of nitrogens with zero attached hydrogens (tertiary/aromatic N) is 1. The number of rotatable bonds is 3. The predicted molar refractivity (Wildman–Crippen MR) is 68.5 cm³/mol. The molecule has 1 aromatic carbocycles. The minimum Gasteiger partial charge on any atom is -0.387 e. The SMILES string of the molecule is NCC(O)c1cc(Cl)ccc1N1CCOCC1. The Balaban J connectivity index is 2.30. The summed E-state index contributed by atoms with van der Waals surface area (Å²) in [5, 5.41) is 10.5. The Kier molecular flexibility index (Phi) is 4.23. The fourth-order valence-corrected chi connectivity index (χ4v) is 2.19.